The van der Waals surface area contributed by atoms with E-state index in [1.54, 1.807) is 13.8 Å². The summed E-state index contributed by atoms with van der Waals surface area (Å²) in [5.41, 5.74) is 4.87. The minimum atomic E-state index is -4.59. The lowest BCUT2D eigenvalue weighted by Crippen LogP contribution is -2.17. The molecule has 2 nitrogen and oxygen atoms in total. The second kappa shape index (κ2) is 6.14. The average molecular weight is 276 g/mol. The van der Waals surface area contributed by atoms with E-state index in [1.807, 2.05) is 0 Å². The summed E-state index contributed by atoms with van der Waals surface area (Å²) in [7, 11) is 0. The fourth-order valence-corrected chi connectivity index (χ4v) is 2.07. The molecule has 0 aromatic heterocycles. The number of alkyl halides is 3. The number of hydrogen-bond donors (Lipinski definition) is 1. The van der Waals surface area contributed by atoms with Crippen LogP contribution in [0.2, 0.25) is 0 Å². The molecule has 6 heteroatoms. The Kier molecular flexibility index (Phi) is 5.05. The highest BCUT2D eigenvalue weighted by molar-refractivity contribution is 5.89. The van der Waals surface area contributed by atoms with Gasteiger partial charge >= 0.3 is 6.18 Å². The first-order valence-electron chi connectivity index (χ1n) is 5.88. The molecule has 0 aliphatic carbocycles. The Morgan fingerprint density at radius 2 is 2.00 bits per heavy atom. The first-order valence-corrected chi connectivity index (χ1v) is 5.88. The van der Waals surface area contributed by atoms with Crippen molar-refractivity contribution in [3.8, 4) is 0 Å². The van der Waals surface area contributed by atoms with E-state index in [0.29, 0.717) is 18.2 Å². The lowest BCUT2D eigenvalue weighted by atomic mass is 9.88. The van der Waals surface area contributed by atoms with Gasteiger partial charge in [-0.15, -0.1) is 0 Å². The van der Waals surface area contributed by atoms with Gasteiger partial charge in [0.1, 0.15) is 5.82 Å². The first kappa shape index (κ1) is 15.6. The van der Waals surface area contributed by atoms with E-state index in [0.717, 1.165) is 6.07 Å². The maximum atomic E-state index is 13.0. The predicted molar refractivity (Wildman–Crippen MR) is 66.6 cm³/mol. The van der Waals surface area contributed by atoms with Gasteiger partial charge in [0.2, 0.25) is 0 Å². The first-order chi connectivity index (χ1) is 8.81. The minimum Gasteiger partial charge on any atom is -0.312 e. The second-order valence-electron chi connectivity index (χ2n) is 4.17. The molecule has 0 aliphatic heterocycles. The Hall–Kier alpha value is -1.43. The maximum Gasteiger partial charge on any atom is 0.416 e. The monoisotopic (exact) mass is 276 g/mol. The van der Waals surface area contributed by atoms with Crippen LogP contribution in [-0.4, -0.2) is 12.4 Å². The second-order valence-corrected chi connectivity index (χ2v) is 4.17. The Balaban J connectivity index is 3.36. The summed E-state index contributed by atoms with van der Waals surface area (Å²) < 4.78 is 51.9. The van der Waals surface area contributed by atoms with Gasteiger partial charge in [-0.25, -0.2) is 4.39 Å². The Morgan fingerprint density at radius 3 is 2.47 bits per heavy atom. The summed E-state index contributed by atoms with van der Waals surface area (Å²) >= 11 is 0. The molecule has 0 heterocycles. The van der Waals surface area contributed by atoms with Crippen LogP contribution >= 0.6 is 0 Å². The van der Waals surface area contributed by atoms with E-state index in [-0.39, 0.29) is 12.2 Å². The molecule has 1 rings (SSSR count). The Labute approximate surface area is 109 Å². The van der Waals surface area contributed by atoms with Crippen molar-refractivity contribution in [1.29, 1.82) is 0 Å². The summed E-state index contributed by atoms with van der Waals surface area (Å²) in [4.78, 5) is 3.95. The molecule has 19 heavy (non-hydrogen) atoms. The SMILES string of the molecule is CCC(/C(C)=N/CN)c1ccc(F)cc1C(F)(F)F. The van der Waals surface area contributed by atoms with Crippen LogP contribution in [0.25, 0.3) is 0 Å². The van der Waals surface area contributed by atoms with Gasteiger partial charge in [0.05, 0.1) is 12.2 Å². The normalized spacial score (nSPS) is 14.6. The topological polar surface area (TPSA) is 38.4 Å². The number of nitrogens with zero attached hydrogens (tertiary/aromatic N) is 1. The summed E-state index contributed by atoms with van der Waals surface area (Å²) in [6, 6.07) is 2.72. The van der Waals surface area contributed by atoms with Crippen molar-refractivity contribution in [1.82, 2.24) is 0 Å². The van der Waals surface area contributed by atoms with Crippen molar-refractivity contribution < 1.29 is 17.6 Å². The van der Waals surface area contributed by atoms with Crippen LogP contribution in [0.4, 0.5) is 17.6 Å². The molecule has 0 aliphatic rings. The van der Waals surface area contributed by atoms with E-state index < -0.39 is 23.5 Å². The van der Waals surface area contributed by atoms with Crippen LogP contribution in [0, 0.1) is 5.82 Å². The lowest BCUT2D eigenvalue weighted by Gasteiger charge is -2.20. The van der Waals surface area contributed by atoms with Crippen LogP contribution in [0.1, 0.15) is 37.3 Å². The number of aliphatic imine (C=N–C) groups is 1. The molecule has 0 bridgehead atoms. The Morgan fingerprint density at radius 1 is 1.37 bits per heavy atom. The van der Waals surface area contributed by atoms with Gasteiger partial charge in [-0.3, -0.25) is 4.99 Å². The molecule has 0 saturated heterocycles. The molecular weight excluding hydrogens is 260 g/mol. The van der Waals surface area contributed by atoms with Crippen LogP contribution in [-0.2, 0) is 6.18 Å². The highest BCUT2D eigenvalue weighted by Gasteiger charge is 2.35. The summed E-state index contributed by atoms with van der Waals surface area (Å²) in [5.74, 6) is -1.42. The Bertz CT molecular complexity index is 466. The third-order valence-corrected chi connectivity index (χ3v) is 2.95. The third kappa shape index (κ3) is 3.76. The molecule has 1 atom stereocenters. The molecule has 0 fully saturated rings. The zero-order valence-electron chi connectivity index (χ0n) is 10.8. The molecule has 1 aromatic carbocycles. The van der Waals surface area contributed by atoms with Crippen molar-refractivity contribution >= 4 is 5.71 Å². The number of hydrogen-bond acceptors (Lipinski definition) is 2. The molecule has 0 spiro atoms. The van der Waals surface area contributed by atoms with Gasteiger partial charge < -0.3 is 5.73 Å². The van der Waals surface area contributed by atoms with Gasteiger partial charge in [0.15, 0.2) is 0 Å². The quantitative estimate of drug-likeness (QED) is 0.660. The van der Waals surface area contributed by atoms with Crippen molar-refractivity contribution in [3.63, 3.8) is 0 Å². The summed E-state index contributed by atoms with van der Waals surface area (Å²) in [6.07, 6.45) is -4.15. The van der Waals surface area contributed by atoms with Gasteiger partial charge in [0.25, 0.3) is 0 Å². The maximum absolute atomic E-state index is 13.0. The number of halogens is 4. The largest absolute Gasteiger partial charge is 0.416 e. The van der Waals surface area contributed by atoms with Gasteiger partial charge in [0, 0.05) is 11.6 Å². The van der Waals surface area contributed by atoms with Crippen LogP contribution in [0.5, 0.6) is 0 Å². The standard InChI is InChI=1S/C13H16F4N2/c1-3-10(8(2)19-7-18)11-5-4-9(14)6-12(11)13(15,16)17/h4-6,10H,3,7,18H2,1-2H3/b19-8+. The van der Waals surface area contributed by atoms with E-state index in [4.69, 9.17) is 5.73 Å². The van der Waals surface area contributed by atoms with Crippen molar-refractivity contribution in [3.05, 3.63) is 35.1 Å². The van der Waals surface area contributed by atoms with E-state index in [2.05, 4.69) is 4.99 Å². The fraction of sp³-hybridized carbons (Fsp3) is 0.462. The van der Waals surface area contributed by atoms with Crippen molar-refractivity contribution in [2.24, 2.45) is 10.7 Å². The number of nitrogens with two attached hydrogens (primary N) is 1. The van der Waals surface area contributed by atoms with Crippen LogP contribution in [0.3, 0.4) is 0 Å². The highest BCUT2D eigenvalue weighted by Crippen LogP contribution is 2.37. The molecule has 0 radical (unpaired) electrons. The molecule has 106 valence electrons. The van der Waals surface area contributed by atoms with Gasteiger partial charge in [-0.2, -0.15) is 13.2 Å². The van der Waals surface area contributed by atoms with Gasteiger partial charge in [-0.05, 0) is 31.0 Å². The predicted octanol–water partition coefficient (Wildman–Crippen LogP) is 3.72. The minimum absolute atomic E-state index is 0.0187. The van der Waals surface area contributed by atoms with Crippen molar-refractivity contribution in [2.75, 3.05) is 6.67 Å². The van der Waals surface area contributed by atoms with E-state index in [1.165, 1.54) is 6.07 Å². The highest BCUT2D eigenvalue weighted by atomic mass is 19.4. The zero-order chi connectivity index (χ0) is 14.6. The summed E-state index contributed by atoms with van der Waals surface area (Å²) in [6.45, 7) is 3.40. The zero-order valence-corrected chi connectivity index (χ0v) is 10.8. The molecule has 2 N–H and O–H groups in total. The summed E-state index contributed by atoms with van der Waals surface area (Å²) in [5, 5.41) is 0. The smallest absolute Gasteiger partial charge is 0.312 e. The average Bonchev–Trinajstić information content (AvgIpc) is 2.31. The fourth-order valence-electron chi connectivity index (χ4n) is 2.07. The number of rotatable bonds is 4. The molecule has 1 aromatic rings. The lowest BCUT2D eigenvalue weighted by molar-refractivity contribution is -0.138. The van der Waals surface area contributed by atoms with Crippen LogP contribution in [0.15, 0.2) is 23.2 Å². The van der Waals surface area contributed by atoms with Crippen LogP contribution < -0.4 is 5.73 Å². The third-order valence-electron chi connectivity index (χ3n) is 2.95. The molecule has 0 saturated carbocycles. The number of benzene rings is 1. The van der Waals surface area contributed by atoms with Gasteiger partial charge in [-0.1, -0.05) is 13.0 Å². The molecular formula is C13H16F4N2. The van der Waals surface area contributed by atoms with E-state index >= 15 is 0 Å². The van der Waals surface area contributed by atoms with Crippen molar-refractivity contribution in [2.45, 2.75) is 32.4 Å². The van der Waals surface area contributed by atoms with E-state index in [9.17, 15) is 17.6 Å². The molecule has 0 amide bonds. The molecule has 1 unspecified atom stereocenters.